The van der Waals surface area contributed by atoms with Crippen molar-refractivity contribution >= 4 is 10.9 Å². The first kappa shape index (κ1) is 14.6. The van der Waals surface area contributed by atoms with Crippen LogP contribution in [0.15, 0.2) is 30.6 Å². The summed E-state index contributed by atoms with van der Waals surface area (Å²) < 4.78 is 0. The lowest BCUT2D eigenvalue weighted by Crippen LogP contribution is -2.04. The van der Waals surface area contributed by atoms with Gasteiger partial charge >= 0.3 is 0 Å². The van der Waals surface area contributed by atoms with Gasteiger partial charge in [0.15, 0.2) is 0 Å². The summed E-state index contributed by atoms with van der Waals surface area (Å²) in [5.41, 5.74) is 4.77. The van der Waals surface area contributed by atoms with Crippen LogP contribution in [0.3, 0.4) is 0 Å². The van der Waals surface area contributed by atoms with Gasteiger partial charge in [0.2, 0.25) is 0 Å². The first-order valence-corrected chi connectivity index (χ1v) is 7.70. The molecule has 0 amide bonds. The third-order valence-electron chi connectivity index (χ3n) is 4.13. The van der Waals surface area contributed by atoms with E-state index in [0.29, 0.717) is 5.75 Å². The third-order valence-corrected chi connectivity index (χ3v) is 4.13. The number of nitrogens with zero attached hydrogens (tertiary/aromatic N) is 2. The molecule has 1 aromatic carbocycles. The largest absolute Gasteiger partial charge is 0.508 e. The van der Waals surface area contributed by atoms with E-state index in [2.05, 4.69) is 27.9 Å². The standard InChI is InChI=1S/C18H21N3O/c1-4-5-14(18-12(3)19-10-20-18)15-8-13-7-6-11(2)21-16(13)9-17(15)22/h6-10,14,22H,4-5H2,1-3H3,(H,19,20)/t14-/m0/s1. The van der Waals surface area contributed by atoms with E-state index in [1.54, 1.807) is 12.4 Å². The predicted molar refractivity (Wildman–Crippen MR) is 88.2 cm³/mol. The number of H-pyrrole nitrogens is 1. The van der Waals surface area contributed by atoms with Gasteiger partial charge in [-0.05, 0) is 32.4 Å². The number of benzene rings is 1. The number of aromatic amines is 1. The zero-order valence-electron chi connectivity index (χ0n) is 13.2. The van der Waals surface area contributed by atoms with Crippen LogP contribution in [0.2, 0.25) is 0 Å². The van der Waals surface area contributed by atoms with Crippen molar-refractivity contribution in [1.82, 2.24) is 15.0 Å². The summed E-state index contributed by atoms with van der Waals surface area (Å²) >= 11 is 0. The molecule has 4 nitrogen and oxygen atoms in total. The summed E-state index contributed by atoms with van der Waals surface area (Å²) in [6.07, 6.45) is 3.70. The number of fused-ring (bicyclic) bond motifs is 1. The smallest absolute Gasteiger partial charge is 0.121 e. The van der Waals surface area contributed by atoms with Gasteiger partial charge in [0.05, 0.1) is 17.5 Å². The molecule has 3 aromatic rings. The first-order valence-electron chi connectivity index (χ1n) is 7.70. The second kappa shape index (κ2) is 5.79. The topological polar surface area (TPSA) is 61.8 Å². The number of nitrogens with one attached hydrogen (secondary N) is 1. The highest BCUT2D eigenvalue weighted by Crippen LogP contribution is 2.37. The van der Waals surface area contributed by atoms with Gasteiger partial charge in [-0.15, -0.1) is 0 Å². The van der Waals surface area contributed by atoms with Crippen LogP contribution in [-0.4, -0.2) is 20.1 Å². The average molecular weight is 295 g/mol. The highest BCUT2D eigenvalue weighted by molar-refractivity contribution is 5.81. The van der Waals surface area contributed by atoms with Gasteiger partial charge in [-0.25, -0.2) is 4.98 Å². The molecule has 114 valence electrons. The Morgan fingerprint density at radius 3 is 2.73 bits per heavy atom. The van der Waals surface area contributed by atoms with E-state index >= 15 is 0 Å². The van der Waals surface area contributed by atoms with Crippen LogP contribution in [0, 0.1) is 13.8 Å². The van der Waals surface area contributed by atoms with Gasteiger partial charge < -0.3 is 10.1 Å². The van der Waals surface area contributed by atoms with Crippen LogP contribution < -0.4 is 0 Å². The van der Waals surface area contributed by atoms with Gasteiger partial charge in [-0.3, -0.25) is 4.98 Å². The van der Waals surface area contributed by atoms with Crippen molar-refractivity contribution < 1.29 is 5.11 Å². The Morgan fingerprint density at radius 1 is 1.23 bits per heavy atom. The minimum absolute atomic E-state index is 0.0990. The van der Waals surface area contributed by atoms with Crippen molar-refractivity contribution in [3.8, 4) is 5.75 Å². The summed E-state index contributed by atoms with van der Waals surface area (Å²) in [6, 6.07) is 7.87. The number of hydrogen-bond acceptors (Lipinski definition) is 3. The Bertz CT molecular complexity index is 807. The number of phenols is 1. The first-order chi connectivity index (χ1) is 10.6. The molecule has 0 spiro atoms. The summed E-state index contributed by atoms with van der Waals surface area (Å²) in [4.78, 5) is 12.1. The van der Waals surface area contributed by atoms with Crippen LogP contribution in [0.5, 0.6) is 5.75 Å². The van der Waals surface area contributed by atoms with E-state index < -0.39 is 0 Å². The summed E-state index contributed by atoms with van der Waals surface area (Å²) in [6.45, 7) is 6.13. The summed E-state index contributed by atoms with van der Waals surface area (Å²) in [7, 11) is 0. The molecule has 0 saturated heterocycles. The number of pyridine rings is 1. The molecule has 0 unspecified atom stereocenters. The van der Waals surface area contributed by atoms with Crippen LogP contribution in [-0.2, 0) is 0 Å². The van der Waals surface area contributed by atoms with Crippen molar-refractivity contribution in [2.75, 3.05) is 0 Å². The SMILES string of the molecule is CCC[C@@H](c1cc2ccc(C)nc2cc1O)c1nc[nH]c1C. The van der Waals surface area contributed by atoms with Crippen LogP contribution >= 0.6 is 0 Å². The Morgan fingerprint density at radius 2 is 2.05 bits per heavy atom. The molecule has 0 bridgehead atoms. The molecule has 3 rings (SSSR count). The molecular formula is C18H21N3O. The Kier molecular flexibility index (Phi) is 3.84. The molecule has 4 heteroatoms. The molecule has 1 atom stereocenters. The molecule has 0 fully saturated rings. The number of aromatic hydroxyl groups is 1. The molecular weight excluding hydrogens is 274 g/mol. The second-order valence-corrected chi connectivity index (χ2v) is 5.81. The lowest BCUT2D eigenvalue weighted by molar-refractivity contribution is 0.462. The average Bonchev–Trinajstić information content (AvgIpc) is 2.90. The van der Waals surface area contributed by atoms with Crippen molar-refractivity contribution in [1.29, 1.82) is 0 Å². The maximum atomic E-state index is 10.5. The molecule has 0 aliphatic rings. The van der Waals surface area contributed by atoms with Gasteiger partial charge in [-0.2, -0.15) is 0 Å². The third kappa shape index (κ3) is 2.56. The fourth-order valence-electron chi connectivity index (χ4n) is 3.01. The summed E-state index contributed by atoms with van der Waals surface area (Å²) in [5, 5.41) is 11.6. The maximum absolute atomic E-state index is 10.5. The Balaban J connectivity index is 2.15. The zero-order chi connectivity index (χ0) is 15.7. The van der Waals surface area contributed by atoms with Crippen LogP contribution in [0.1, 0.15) is 48.3 Å². The lowest BCUT2D eigenvalue weighted by Gasteiger charge is -2.18. The zero-order valence-corrected chi connectivity index (χ0v) is 13.2. The van der Waals surface area contributed by atoms with Crippen LogP contribution in [0.25, 0.3) is 10.9 Å². The van der Waals surface area contributed by atoms with Crippen molar-refractivity contribution in [3.63, 3.8) is 0 Å². The molecule has 2 aromatic heterocycles. The molecule has 0 radical (unpaired) electrons. The minimum atomic E-state index is 0.0990. The van der Waals surface area contributed by atoms with Crippen molar-refractivity contribution in [3.05, 3.63) is 53.2 Å². The molecule has 22 heavy (non-hydrogen) atoms. The van der Waals surface area contributed by atoms with E-state index in [9.17, 15) is 5.11 Å². The number of aromatic nitrogens is 3. The van der Waals surface area contributed by atoms with Crippen LogP contribution in [0.4, 0.5) is 0 Å². The summed E-state index contributed by atoms with van der Waals surface area (Å²) in [5.74, 6) is 0.397. The van der Waals surface area contributed by atoms with E-state index in [0.717, 1.165) is 46.4 Å². The molecule has 0 aliphatic heterocycles. The number of rotatable bonds is 4. The van der Waals surface area contributed by atoms with E-state index in [1.165, 1.54) is 0 Å². The van der Waals surface area contributed by atoms with Crippen molar-refractivity contribution in [2.24, 2.45) is 0 Å². The van der Waals surface area contributed by atoms with Gasteiger partial charge in [0.1, 0.15) is 5.75 Å². The number of hydrogen-bond donors (Lipinski definition) is 2. The fraction of sp³-hybridized carbons (Fsp3) is 0.333. The normalized spacial score (nSPS) is 12.7. The molecule has 2 N–H and O–H groups in total. The Labute approximate surface area is 130 Å². The minimum Gasteiger partial charge on any atom is -0.508 e. The predicted octanol–water partition coefficient (Wildman–Crippen LogP) is 4.21. The number of phenolic OH excluding ortho intramolecular Hbond substituents is 1. The highest BCUT2D eigenvalue weighted by Gasteiger charge is 2.21. The van der Waals surface area contributed by atoms with E-state index in [4.69, 9.17) is 0 Å². The Hall–Kier alpha value is -2.36. The molecule has 0 saturated carbocycles. The van der Waals surface area contributed by atoms with E-state index in [-0.39, 0.29) is 5.92 Å². The number of imidazole rings is 1. The quantitative estimate of drug-likeness (QED) is 0.757. The van der Waals surface area contributed by atoms with Crippen molar-refractivity contribution in [2.45, 2.75) is 39.5 Å². The van der Waals surface area contributed by atoms with Gasteiger partial charge in [0, 0.05) is 34.3 Å². The lowest BCUT2D eigenvalue weighted by atomic mass is 9.89. The maximum Gasteiger partial charge on any atom is 0.121 e. The highest BCUT2D eigenvalue weighted by atomic mass is 16.3. The van der Waals surface area contributed by atoms with Gasteiger partial charge in [0.25, 0.3) is 0 Å². The van der Waals surface area contributed by atoms with E-state index in [1.807, 2.05) is 26.0 Å². The number of aryl methyl sites for hydroxylation is 2. The monoisotopic (exact) mass is 295 g/mol. The molecule has 0 aliphatic carbocycles. The molecule has 2 heterocycles. The second-order valence-electron chi connectivity index (χ2n) is 5.81. The fourth-order valence-corrected chi connectivity index (χ4v) is 3.01. The van der Waals surface area contributed by atoms with Gasteiger partial charge in [-0.1, -0.05) is 19.4 Å².